The van der Waals surface area contributed by atoms with Crippen LogP contribution in [0.3, 0.4) is 0 Å². The smallest absolute Gasteiger partial charge is 0.165 e. The number of benzene rings is 7. The van der Waals surface area contributed by atoms with Crippen molar-refractivity contribution >= 4 is 81.7 Å². The zero-order chi connectivity index (χ0) is 29.9. The molecular formula is C42H24N4. The van der Waals surface area contributed by atoms with Gasteiger partial charge in [0, 0.05) is 32.5 Å². The molecule has 0 aliphatic heterocycles. The van der Waals surface area contributed by atoms with E-state index in [0.29, 0.717) is 0 Å². The molecule has 4 heterocycles. The molecule has 7 aromatic carbocycles. The van der Waals surface area contributed by atoms with E-state index in [1.165, 1.54) is 59.6 Å². The lowest BCUT2D eigenvalue weighted by Gasteiger charge is -2.14. The Balaban J connectivity index is 1.43. The predicted octanol–water partition coefficient (Wildman–Crippen LogP) is 10.7. The van der Waals surface area contributed by atoms with Crippen LogP contribution in [0.5, 0.6) is 0 Å². The van der Waals surface area contributed by atoms with Crippen molar-refractivity contribution in [2.45, 2.75) is 0 Å². The molecule has 0 spiro atoms. The minimum Gasteiger partial charge on any atom is -0.308 e. The van der Waals surface area contributed by atoms with Crippen molar-refractivity contribution in [3.63, 3.8) is 0 Å². The van der Waals surface area contributed by atoms with Crippen LogP contribution in [0.15, 0.2) is 146 Å². The normalized spacial score (nSPS) is 12.3. The van der Waals surface area contributed by atoms with Crippen molar-refractivity contribution in [3.05, 3.63) is 146 Å². The minimum absolute atomic E-state index is 0.836. The Hall–Kier alpha value is -6.26. The maximum absolute atomic E-state index is 5.37. The lowest BCUT2D eigenvalue weighted by atomic mass is 10.0. The zero-order valence-corrected chi connectivity index (χ0v) is 24.6. The molecular weight excluding hydrogens is 560 g/mol. The van der Waals surface area contributed by atoms with Crippen molar-refractivity contribution in [2.75, 3.05) is 0 Å². The van der Waals surface area contributed by atoms with E-state index in [0.717, 1.165) is 39.1 Å². The third-order valence-electron chi connectivity index (χ3n) is 9.82. The monoisotopic (exact) mass is 584 g/mol. The van der Waals surface area contributed by atoms with E-state index in [1.54, 1.807) is 0 Å². The first-order chi connectivity index (χ1) is 22.8. The highest BCUT2D eigenvalue weighted by Crippen LogP contribution is 2.46. The van der Waals surface area contributed by atoms with Crippen molar-refractivity contribution in [2.24, 2.45) is 0 Å². The molecule has 0 radical (unpaired) electrons. The Morgan fingerprint density at radius 3 is 1.96 bits per heavy atom. The molecule has 0 aliphatic carbocycles. The summed E-state index contributed by atoms with van der Waals surface area (Å²) in [4.78, 5) is 10.6. The summed E-state index contributed by atoms with van der Waals surface area (Å²) in [5, 5.41) is 10.0. The Kier molecular flexibility index (Phi) is 4.55. The number of nitrogens with zero attached hydrogens (tertiary/aromatic N) is 4. The fourth-order valence-corrected chi connectivity index (χ4v) is 7.95. The van der Waals surface area contributed by atoms with Crippen LogP contribution in [0.25, 0.3) is 98.8 Å². The Morgan fingerprint density at radius 1 is 0.391 bits per heavy atom. The molecule has 0 saturated heterocycles. The predicted molar refractivity (Wildman–Crippen MR) is 191 cm³/mol. The second-order valence-corrected chi connectivity index (χ2v) is 12.2. The molecule has 11 rings (SSSR count). The lowest BCUT2D eigenvalue weighted by Crippen LogP contribution is -2.03. The Morgan fingerprint density at radius 2 is 1.07 bits per heavy atom. The fraction of sp³-hybridized carbons (Fsp3) is 0. The second-order valence-electron chi connectivity index (χ2n) is 12.2. The molecule has 4 nitrogen and oxygen atoms in total. The number of rotatable bonds is 2. The SMILES string of the molecule is c1ccc(-c2nc3ccccc3nc2-n2c3cccc4c5ccccc5n5c6ccc7ccccc7c6c6ccc2c(c43)c65)cc1. The molecule has 46 heavy (non-hydrogen) atoms. The zero-order valence-electron chi connectivity index (χ0n) is 24.6. The number of fused-ring (bicyclic) bond motifs is 9. The van der Waals surface area contributed by atoms with E-state index in [2.05, 4.69) is 130 Å². The van der Waals surface area contributed by atoms with Crippen molar-refractivity contribution in [1.29, 1.82) is 0 Å². The van der Waals surface area contributed by atoms with Gasteiger partial charge in [-0.3, -0.25) is 4.57 Å². The van der Waals surface area contributed by atoms with Crippen molar-refractivity contribution in [3.8, 4) is 17.1 Å². The van der Waals surface area contributed by atoms with Gasteiger partial charge in [-0.05, 0) is 52.6 Å². The van der Waals surface area contributed by atoms with Gasteiger partial charge in [0.2, 0.25) is 0 Å². The van der Waals surface area contributed by atoms with E-state index in [4.69, 9.17) is 9.97 Å². The fourth-order valence-electron chi connectivity index (χ4n) is 7.95. The van der Waals surface area contributed by atoms with Crippen molar-refractivity contribution in [1.82, 2.24) is 18.9 Å². The third-order valence-corrected chi connectivity index (χ3v) is 9.82. The van der Waals surface area contributed by atoms with E-state index in [9.17, 15) is 0 Å². The van der Waals surface area contributed by atoms with Gasteiger partial charge < -0.3 is 4.40 Å². The molecule has 0 saturated carbocycles. The molecule has 0 atom stereocenters. The van der Waals surface area contributed by atoms with Crippen LogP contribution < -0.4 is 0 Å². The summed E-state index contributed by atoms with van der Waals surface area (Å²) < 4.78 is 4.85. The van der Waals surface area contributed by atoms with Gasteiger partial charge in [-0.15, -0.1) is 0 Å². The summed E-state index contributed by atoms with van der Waals surface area (Å²) in [6, 6.07) is 52.1. The highest BCUT2D eigenvalue weighted by molar-refractivity contribution is 6.35. The van der Waals surface area contributed by atoms with E-state index in [1.807, 2.05) is 24.3 Å². The summed E-state index contributed by atoms with van der Waals surface area (Å²) in [7, 11) is 0. The molecule has 0 N–H and O–H groups in total. The standard InChI is InChI=1S/C42H24N4/c1-2-12-26(13-3-1)40-42(44-32-18-8-7-17-31(32)43-40)46-34-20-10-16-29-28-15-6-9-19-33(28)45-35-23-21-25-11-4-5-14-27(25)37(35)30-22-24-36(46)39(38(29)34)41(30)45/h1-24H. The van der Waals surface area contributed by atoms with Crippen LogP contribution in [0.2, 0.25) is 0 Å². The van der Waals surface area contributed by atoms with Gasteiger partial charge >= 0.3 is 0 Å². The van der Waals surface area contributed by atoms with E-state index in [-0.39, 0.29) is 0 Å². The maximum Gasteiger partial charge on any atom is 0.165 e. The van der Waals surface area contributed by atoms with Crippen LogP contribution in [0, 0.1) is 0 Å². The number of hydrogen-bond donors (Lipinski definition) is 0. The maximum atomic E-state index is 5.37. The van der Waals surface area contributed by atoms with E-state index < -0.39 is 0 Å². The first-order valence-electron chi connectivity index (χ1n) is 15.7. The van der Waals surface area contributed by atoms with Gasteiger partial charge in [0.15, 0.2) is 5.82 Å². The lowest BCUT2D eigenvalue weighted by molar-refractivity contribution is 1.08. The topological polar surface area (TPSA) is 35.1 Å². The van der Waals surface area contributed by atoms with Crippen LogP contribution in [-0.4, -0.2) is 18.9 Å². The van der Waals surface area contributed by atoms with Crippen LogP contribution in [0.4, 0.5) is 0 Å². The number of para-hydroxylation sites is 3. The number of aromatic nitrogens is 4. The highest BCUT2D eigenvalue weighted by atomic mass is 15.1. The molecule has 0 amide bonds. The summed E-state index contributed by atoms with van der Waals surface area (Å²) in [5.74, 6) is 0.836. The summed E-state index contributed by atoms with van der Waals surface area (Å²) >= 11 is 0. The summed E-state index contributed by atoms with van der Waals surface area (Å²) in [6.07, 6.45) is 0. The van der Waals surface area contributed by atoms with Crippen molar-refractivity contribution < 1.29 is 0 Å². The van der Waals surface area contributed by atoms with Gasteiger partial charge in [0.25, 0.3) is 0 Å². The first kappa shape index (κ1) is 24.1. The largest absolute Gasteiger partial charge is 0.308 e. The summed E-state index contributed by atoms with van der Waals surface area (Å²) in [5.41, 5.74) is 9.58. The molecule has 11 aromatic rings. The average molecular weight is 585 g/mol. The highest BCUT2D eigenvalue weighted by Gasteiger charge is 2.25. The Bertz CT molecular complexity index is 3020. The molecule has 4 aromatic heterocycles. The average Bonchev–Trinajstić information content (AvgIpc) is 3.60. The number of hydrogen-bond acceptors (Lipinski definition) is 2. The molecule has 0 bridgehead atoms. The van der Waals surface area contributed by atoms with Gasteiger partial charge in [-0.2, -0.15) is 0 Å². The van der Waals surface area contributed by atoms with E-state index >= 15 is 0 Å². The molecule has 4 heteroatoms. The second kappa shape index (κ2) is 8.68. The minimum atomic E-state index is 0.836. The third kappa shape index (κ3) is 2.98. The Labute approximate surface area is 262 Å². The quantitative estimate of drug-likeness (QED) is 0.203. The van der Waals surface area contributed by atoms with Gasteiger partial charge in [-0.25, -0.2) is 9.97 Å². The van der Waals surface area contributed by atoms with Crippen LogP contribution in [0.1, 0.15) is 0 Å². The molecule has 212 valence electrons. The van der Waals surface area contributed by atoms with Crippen LogP contribution in [-0.2, 0) is 0 Å². The summed E-state index contributed by atoms with van der Waals surface area (Å²) in [6.45, 7) is 0. The van der Waals surface area contributed by atoms with Crippen LogP contribution >= 0.6 is 0 Å². The molecule has 0 fully saturated rings. The van der Waals surface area contributed by atoms with Gasteiger partial charge in [0.1, 0.15) is 5.69 Å². The van der Waals surface area contributed by atoms with Gasteiger partial charge in [0.05, 0.1) is 38.6 Å². The van der Waals surface area contributed by atoms with Gasteiger partial charge in [-0.1, -0.05) is 109 Å². The molecule has 0 unspecified atom stereocenters. The first-order valence-corrected chi connectivity index (χ1v) is 15.7. The molecule has 0 aliphatic rings.